The van der Waals surface area contributed by atoms with Crippen LogP contribution in [0.2, 0.25) is 0 Å². The van der Waals surface area contributed by atoms with Crippen LogP contribution in [0, 0.1) is 13.5 Å². The summed E-state index contributed by atoms with van der Waals surface area (Å²) in [6.07, 6.45) is 5.88. The molecule has 3 aromatic heterocycles. The van der Waals surface area contributed by atoms with Crippen LogP contribution in [0.5, 0.6) is 0 Å². The molecule has 0 saturated heterocycles. The van der Waals surface area contributed by atoms with Gasteiger partial charge in [-0.25, -0.2) is 4.68 Å². The van der Waals surface area contributed by atoms with Crippen molar-refractivity contribution in [2.75, 3.05) is 7.05 Å². The Morgan fingerprint density at radius 1 is 1.12 bits per heavy atom. The molecule has 0 radical (unpaired) electrons. The third-order valence-corrected chi connectivity index (χ3v) is 6.39. The number of carbonyl (C=O) groups is 1. The SMILES string of the molecule is [C-]#[N+]c1c2c(nn1C)CN(C)C(=O)CCCn1cc(c(C)n1)C1=C(C)Cc3ncc-2cc31. The molecule has 0 saturated carbocycles. The van der Waals surface area contributed by atoms with Gasteiger partial charge in [0.2, 0.25) is 5.91 Å². The van der Waals surface area contributed by atoms with E-state index in [-0.39, 0.29) is 5.91 Å². The number of aromatic nitrogens is 5. The Bertz CT molecular complexity index is 1340. The lowest BCUT2D eigenvalue weighted by atomic mass is 9.97. The summed E-state index contributed by atoms with van der Waals surface area (Å²) in [4.78, 5) is 23.0. The Hall–Kier alpha value is -3.73. The van der Waals surface area contributed by atoms with Crippen molar-refractivity contribution in [2.45, 2.75) is 46.2 Å². The van der Waals surface area contributed by atoms with Crippen LogP contribution in [-0.2, 0) is 31.4 Å². The van der Waals surface area contributed by atoms with Crippen LogP contribution >= 0.6 is 0 Å². The van der Waals surface area contributed by atoms with Crippen LogP contribution in [0.4, 0.5) is 5.82 Å². The van der Waals surface area contributed by atoms with E-state index in [4.69, 9.17) is 16.7 Å². The van der Waals surface area contributed by atoms with Crippen molar-refractivity contribution < 1.29 is 4.79 Å². The molecular weight excluding hydrogens is 402 g/mol. The monoisotopic (exact) mass is 427 g/mol. The summed E-state index contributed by atoms with van der Waals surface area (Å²) in [6, 6.07) is 2.13. The molecule has 0 fully saturated rings. The summed E-state index contributed by atoms with van der Waals surface area (Å²) in [5.74, 6) is 0.507. The summed E-state index contributed by atoms with van der Waals surface area (Å²) in [7, 11) is 3.56. The average Bonchev–Trinajstić information content (AvgIpc) is 3.38. The van der Waals surface area contributed by atoms with Gasteiger partial charge in [0.05, 0.1) is 25.0 Å². The first-order valence-electron chi connectivity index (χ1n) is 10.8. The van der Waals surface area contributed by atoms with Gasteiger partial charge in [-0.15, -0.1) is 5.10 Å². The molecule has 8 nitrogen and oxygen atoms in total. The zero-order valence-electron chi connectivity index (χ0n) is 18.8. The topological polar surface area (TPSA) is 73.2 Å². The molecule has 0 atom stereocenters. The van der Waals surface area contributed by atoms with E-state index in [9.17, 15) is 4.79 Å². The van der Waals surface area contributed by atoms with Crippen molar-refractivity contribution in [3.05, 3.63) is 63.7 Å². The van der Waals surface area contributed by atoms with E-state index in [0.717, 1.165) is 40.1 Å². The van der Waals surface area contributed by atoms with Crippen LogP contribution in [0.3, 0.4) is 0 Å². The minimum Gasteiger partial charge on any atom is -0.362 e. The second-order valence-electron chi connectivity index (χ2n) is 8.68. The van der Waals surface area contributed by atoms with Gasteiger partial charge in [-0.1, -0.05) is 12.1 Å². The van der Waals surface area contributed by atoms with E-state index in [2.05, 4.69) is 29.1 Å². The van der Waals surface area contributed by atoms with E-state index in [0.29, 0.717) is 37.4 Å². The van der Waals surface area contributed by atoms with Gasteiger partial charge in [0.25, 0.3) is 5.82 Å². The van der Waals surface area contributed by atoms with E-state index in [1.165, 1.54) is 11.1 Å². The van der Waals surface area contributed by atoms with Crippen LogP contribution in [-0.4, -0.2) is 42.4 Å². The number of carbonyl (C=O) groups excluding carboxylic acids is 1. The fraction of sp³-hybridized carbons (Fsp3) is 0.375. The number of aryl methyl sites for hydroxylation is 3. The summed E-state index contributed by atoms with van der Waals surface area (Å²) in [5, 5.41) is 9.31. The maximum absolute atomic E-state index is 12.8. The molecule has 0 spiro atoms. The second kappa shape index (κ2) is 7.45. The van der Waals surface area contributed by atoms with Crippen LogP contribution in [0.25, 0.3) is 21.5 Å². The first-order valence-corrected chi connectivity index (χ1v) is 10.8. The molecule has 4 bridgehead atoms. The molecule has 0 aromatic carbocycles. The second-order valence-corrected chi connectivity index (χ2v) is 8.68. The van der Waals surface area contributed by atoms with Crippen molar-refractivity contribution in [3.63, 3.8) is 0 Å². The van der Waals surface area contributed by atoms with Crippen molar-refractivity contribution >= 4 is 17.3 Å². The molecule has 32 heavy (non-hydrogen) atoms. The van der Waals surface area contributed by atoms with Gasteiger partial charge in [-0.05, 0) is 37.5 Å². The van der Waals surface area contributed by atoms with Crippen molar-refractivity contribution in [2.24, 2.45) is 7.05 Å². The molecule has 162 valence electrons. The van der Waals surface area contributed by atoms with Gasteiger partial charge in [0.15, 0.2) is 0 Å². The van der Waals surface area contributed by atoms with E-state index in [1.54, 1.807) is 23.7 Å². The van der Waals surface area contributed by atoms with Crippen LogP contribution in [0.1, 0.15) is 48.0 Å². The summed E-state index contributed by atoms with van der Waals surface area (Å²) >= 11 is 0. The molecular formula is C24H25N7O. The average molecular weight is 428 g/mol. The Morgan fingerprint density at radius 3 is 2.72 bits per heavy atom. The lowest BCUT2D eigenvalue weighted by Gasteiger charge is -2.17. The molecule has 1 amide bonds. The molecule has 2 aliphatic rings. The molecule has 1 aliphatic carbocycles. The summed E-state index contributed by atoms with van der Waals surface area (Å²) in [5.41, 5.74) is 8.97. The highest BCUT2D eigenvalue weighted by atomic mass is 16.2. The first kappa shape index (κ1) is 20.2. The highest BCUT2D eigenvalue weighted by molar-refractivity contribution is 5.90. The summed E-state index contributed by atoms with van der Waals surface area (Å²) in [6.45, 7) is 13.0. The molecule has 0 unspecified atom stereocenters. The fourth-order valence-electron chi connectivity index (χ4n) is 4.81. The Morgan fingerprint density at radius 2 is 1.94 bits per heavy atom. The lowest BCUT2D eigenvalue weighted by Crippen LogP contribution is -2.26. The lowest BCUT2D eigenvalue weighted by molar-refractivity contribution is -0.130. The third kappa shape index (κ3) is 3.12. The third-order valence-electron chi connectivity index (χ3n) is 6.39. The molecule has 1 aliphatic heterocycles. The maximum atomic E-state index is 12.8. The van der Waals surface area contributed by atoms with Crippen molar-refractivity contribution in [1.82, 2.24) is 29.4 Å². The molecule has 0 N–H and O–H groups in total. The predicted molar refractivity (Wildman–Crippen MR) is 121 cm³/mol. The van der Waals surface area contributed by atoms with Gasteiger partial charge in [-0.3, -0.25) is 14.5 Å². The Balaban J connectivity index is 1.75. The zero-order valence-corrected chi connectivity index (χ0v) is 18.8. The van der Waals surface area contributed by atoms with E-state index in [1.807, 2.05) is 17.8 Å². The number of fused-ring (bicyclic) bond motifs is 6. The number of pyridine rings is 1. The standard InChI is InChI=1S/C24H25N7O/c1-14-9-19-17-10-16(11-26-19)23-20(28-30(5)24(23)25-3)13-29(4)21(32)7-6-8-31-12-18(22(14)17)15(2)27-31/h10-12H,6-9,13H2,1-2,4-5H3. The number of hydrogen-bond donors (Lipinski definition) is 0. The Kier molecular flexibility index (Phi) is 4.70. The van der Waals surface area contributed by atoms with Gasteiger partial charge < -0.3 is 9.74 Å². The van der Waals surface area contributed by atoms with E-state index < -0.39 is 0 Å². The maximum Gasteiger partial charge on any atom is 0.260 e. The van der Waals surface area contributed by atoms with Gasteiger partial charge in [0, 0.05) is 55.5 Å². The summed E-state index contributed by atoms with van der Waals surface area (Å²) < 4.78 is 3.54. The number of amides is 1. The molecule has 5 rings (SSSR count). The fourth-order valence-corrected chi connectivity index (χ4v) is 4.81. The molecule has 8 heteroatoms. The highest BCUT2D eigenvalue weighted by Gasteiger charge is 2.28. The number of allylic oxidation sites excluding steroid dienone is 1. The quantitative estimate of drug-likeness (QED) is 0.513. The largest absolute Gasteiger partial charge is 0.362 e. The minimum absolute atomic E-state index is 0.0525. The number of nitrogens with zero attached hydrogens (tertiary/aromatic N) is 7. The van der Waals surface area contributed by atoms with E-state index >= 15 is 0 Å². The highest BCUT2D eigenvalue weighted by Crippen LogP contribution is 2.41. The first-order chi connectivity index (χ1) is 15.4. The van der Waals surface area contributed by atoms with Crippen molar-refractivity contribution in [1.29, 1.82) is 0 Å². The smallest absolute Gasteiger partial charge is 0.260 e. The van der Waals surface area contributed by atoms with Gasteiger partial charge in [0.1, 0.15) is 5.69 Å². The van der Waals surface area contributed by atoms with Crippen LogP contribution < -0.4 is 0 Å². The number of rotatable bonds is 0. The molecule has 4 heterocycles. The zero-order chi connectivity index (χ0) is 22.6. The van der Waals surface area contributed by atoms with Gasteiger partial charge >= 0.3 is 0 Å². The van der Waals surface area contributed by atoms with Crippen molar-refractivity contribution in [3.8, 4) is 11.1 Å². The predicted octanol–water partition coefficient (Wildman–Crippen LogP) is 3.67. The molecule has 3 aromatic rings. The van der Waals surface area contributed by atoms with Gasteiger partial charge in [-0.2, -0.15) is 5.10 Å². The minimum atomic E-state index is 0.0525. The Labute approximate surface area is 187 Å². The normalized spacial score (nSPS) is 16.0. The van der Waals surface area contributed by atoms with Crippen LogP contribution in [0.15, 0.2) is 24.0 Å². The number of hydrogen-bond acceptors (Lipinski definition) is 4.